The largest absolute Gasteiger partial charge is 0.347 e. The lowest BCUT2D eigenvalue weighted by molar-refractivity contribution is -0.124. The van der Waals surface area contributed by atoms with Crippen LogP contribution in [0.1, 0.15) is 26.2 Å². The summed E-state index contributed by atoms with van der Waals surface area (Å²) in [7, 11) is -3.10. The highest BCUT2D eigenvalue weighted by atomic mass is 32.2. The molecule has 1 saturated heterocycles. The second-order valence-corrected chi connectivity index (χ2v) is 7.01. The molecule has 18 heavy (non-hydrogen) atoms. The van der Waals surface area contributed by atoms with E-state index in [2.05, 4.69) is 17.6 Å². The van der Waals surface area contributed by atoms with E-state index >= 15 is 0 Å². The lowest BCUT2D eigenvalue weighted by atomic mass is 9.90. The lowest BCUT2D eigenvalue weighted by Gasteiger charge is -2.29. The van der Waals surface area contributed by atoms with Gasteiger partial charge in [-0.1, -0.05) is 13.3 Å². The van der Waals surface area contributed by atoms with Crippen molar-refractivity contribution in [3.05, 3.63) is 11.5 Å². The first-order chi connectivity index (χ1) is 8.50. The molecule has 2 rings (SSSR count). The van der Waals surface area contributed by atoms with E-state index < -0.39 is 9.84 Å². The summed E-state index contributed by atoms with van der Waals surface area (Å²) in [5, 5.41) is 7.16. The average Bonchev–Trinajstić information content (AvgIpc) is 2.68. The minimum Gasteiger partial charge on any atom is -0.347 e. The molecule has 3 unspecified atom stereocenters. The smallest absolute Gasteiger partial charge is 0.237 e. The van der Waals surface area contributed by atoms with E-state index in [1.165, 1.54) is 5.41 Å². The van der Waals surface area contributed by atoms with Crippen molar-refractivity contribution in [2.75, 3.05) is 12.3 Å². The highest BCUT2D eigenvalue weighted by Gasteiger charge is 2.29. The number of nitrogens with one attached hydrogen (secondary N) is 2. The van der Waals surface area contributed by atoms with Crippen LogP contribution in [0.15, 0.2) is 11.5 Å². The van der Waals surface area contributed by atoms with Crippen LogP contribution in [0, 0.1) is 5.92 Å². The third kappa shape index (κ3) is 3.32. The first-order valence-corrected chi connectivity index (χ1v) is 8.16. The van der Waals surface area contributed by atoms with E-state index in [4.69, 9.17) is 0 Å². The Morgan fingerprint density at radius 2 is 2.28 bits per heavy atom. The molecule has 2 aliphatic rings. The Morgan fingerprint density at radius 3 is 2.89 bits per heavy atom. The number of rotatable bonds is 3. The molecule has 0 saturated carbocycles. The van der Waals surface area contributed by atoms with E-state index in [1.54, 1.807) is 6.08 Å². The van der Waals surface area contributed by atoms with Crippen LogP contribution in [-0.4, -0.2) is 38.7 Å². The highest BCUT2D eigenvalue weighted by Crippen LogP contribution is 2.19. The zero-order chi connectivity index (χ0) is 13.2. The normalized spacial score (nSPS) is 34.4. The van der Waals surface area contributed by atoms with Gasteiger partial charge in [0.15, 0.2) is 9.84 Å². The summed E-state index contributed by atoms with van der Waals surface area (Å²) < 4.78 is 22.5. The minimum atomic E-state index is -3.10. The molecule has 3 atom stereocenters. The van der Waals surface area contributed by atoms with Crippen LogP contribution in [0.4, 0.5) is 0 Å². The monoisotopic (exact) mass is 272 g/mol. The number of amides is 1. The van der Waals surface area contributed by atoms with Gasteiger partial charge in [0.05, 0.1) is 17.8 Å². The fourth-order valence-electron chi connectivity index (χ4n) is 2.52. The van der Waals surface area contributed by atoms with Gasteiger partial charge in [0.2, 0.25) is 5.91 Å². The molecular formula is C12H20N2O3S. The van der Waals surface area contributed by atoms with Gasteiger partial charge < -0.3 is 10.6 Å². The molecule has 2 heterocycles. The number of sulfone groups is 1. The van der Waals surface area contributed by atoms with Crippen molar-refractivity contribution in [1.29, 1.82) is 0 Å². The minimum absolute atomic E-state index is 0.0112. The summed E-state index contributed by atoms with van der Waals surface area (Å²) >= 11 is 0. The summed E-state index contributed by atoms with van der Waals surface area (Å²) in [6, 6.07) is -0.549. The van der Waals surface area contributed by atoms with Crippen molar-refractivity contribution in [1.82, 2.24) is 10.6 Å². The van der Waals surface area contributed by atoms with Crippen molar-refractivity contribution in [2.24, 2.45) is 5.92 Å². The Hall–Kier alpha value is -0.880. The molecular weight excluding hydrogens is 252 g/mol. The zero-order valence-electron chi connectivity index (χ0n) is 10.6. The summed E-state index contributed by atoms with van der Waals surface area (Å²) in [6.07, 6.45) is 4.58. The standard InChI is InChI=1S/C12H20N2O3S/c1-2-9-3-5-13-11(7-9)12(15)14-10-4-6-18(16,17)8-10/h4,6,9-11,13H,2-3,5,7-8H2,1H3,(H,14,15). The Morgan fingerprint density at radius 1 is 1.50 bits per heavy atom. The topological polar surface area (TPSA) is 75.3 Å². The van der Waals surface area contributed by atoms with Gasteiger partial charge in [-0.3, -0.25) is 4.79 Å². The molecule has 0 bridgehead atoms. The Balaban J connectivity index is 1.87. The molecule has 0 aromatic rings. The number of piperidine rings is 1. The maximum atomic E-state index is 12.0. The molecule has 0 radical (unpaired) electrons. The quantitative estimate of drug-likeness (QED) is 0.769. The number of hydrogen-bond donors (Lipinski definition) is 2. The van der Waals surface area contributed by atoms with Crippen molar-refractivity contribution in [3.63, 3.8) is 0 Å². The molecule has 0 aromatic heterocycles. The second kappa shape index (κ2) is 5.40. The maximum Gasteiger partial charge on any atom is 0.237 e. The van der Waals surface area contributed by atoms with Gasteiger partial charge in [-0.15, -0.1) is 0 Å². The molecule has 0 aromatic carbocycles. The highest BCUT2D eigenvalue weighted by molar-refractivity contribution is 7.94. The zero-order valence-corrected chi connectivity index (χ0v) is 11.4. The van der Waals surface area contributed by atoms with Crippen LogP contribution in [-0.2, 0) is 14.6 Å². The van der Waals surface area contributed by atoms with Crippen LogP contribution in [0.5, 0.6) is 0 Å². The van der Waals surface area contributed by atoms with Crippen LogP contribution in [0.2, 0.25) is 0 Å². The Labute approximate surface area is 108 Å². The predicted octanol–water partition coefficient (Wildman–Crippen LogP) is 0.192. The molecule has 1 amide bonds. The molecule has 5 nitrogen and oxygen atoms in total. The van der Waals surface area contributed by atoms with E-state index in [0.29, 0.717) is 5.92 Å². The SMILES string of the molecule is CCC1CCNC(C(=O)NC2C=CS(=O)(=O)C2)C1. The number of carbonyl (C=O) groups is 1. The molecule has 2 aliphatic heterocycles. The van der Waals surface area contributed by atoms with Gasteiger partial charge in [-0.2, -0.15) is 0 Å². The Bertz CT molecular complexity index is 444. The van der Waals surface area contributed by atoms with E-state index in [9.17, 15) is 13.2 Å². The van der Waals surface area contributed by atoms with E-state index in [-0.39, 0.29) is 23.7 Å². The molecule has 2 N–H and O–H groups in total. The van der Waals surface area contributed by atoms with Gasteiger partial charge in [0.1, 0.15) is 0 Å². The molecule has 0 aliphatic carbocycles. The average molecular weight is 272 g/mol. The molecule has 6 heteroatoms. The number of carbonyl (C=O) groups excluding carboxylic acids is 1. The fourth-order valence-corrected chi connectivity index (χ4v) is 3.75. The van der Waals surface area contributed by atoms with Crippen LogP contribution >= 0.6 is 0 Å². The third-order valence-corrected chi connectivity index (χ3v) is 5.06. The number of hydrogen-bond acceptors (Lipinski definition) is 4. The van der Waals surface area contributed by atoms with Crippen molar-refractivity contribution < 1.29 is 13.2 Å². The molecule has 1 fully saturated rings. The third-order valence-electron chi connectivity index (χ3n) is 3.66. The van der Waals surface area contributed by atoms with Crippen molar-refractivity contribution in [2.45, 2.75) is 38.3 Å². The predicted molar refractivity (Wildman–Crippen MR) is 69.7 cm³/mol. The van der Waals surface area contributed by atoms with Gasteiger partial charge in [0.25, 0.3) is 0 Å². The first-order valence-electron chi connectivity index (χ1n) is 6.45. The second-order valence-electron chi connectivity index (χ2n) is 5.08. The van der Waals surface area contributed by atoms with Gasteiger partial charge in [-0.25, -0.2) is 8.42 Å². The van der Waals surface area contributed by atoms with Crippen molar-refractivity contribution in [3.8, 4) is 0 Å². The maximum absolute atomic E-state index is 12.0. The van der Waals surface area contributed by atoms with Gasteiger partial charge >= 0.3 is 0 Å². The van der Waals surface area contributed by atoms with Crippen LogP contribution in [0.3, 0.4) is 0 Å². The van der Waals surface area contributed by atoms with Crippen molar-refractivity contribution >= 4 is 15.7 Å². The lowest BCUT2D eigenvalue weighted by Crippen LogP contribution is -2.51. The summed E-state index contributed by atoms with van der Waals surface area (Å²) in [6.45, 7) is 2.99. The first kappa shape index (κ1) is 13.5. The van der Waals surface area contributed by atoms with Crippen LogP contribution in [0.25, 0.3) is 0 Å². The van der Waals surface area contributed by atoms with E-state index in [0.717, 1.165) is 25.8 Å². The summed E-state index contributed by atoms with van der Waals surface area (Å²) in [5.41, 5.74) is 0. The fraction of sp³-hybridized carbons (Fsp3) is 0.750. The summed E-state index contributed by atoms with van der Waals surface area (Å²) in [4.78, 5) is 12.0. The van der Waals surface area contributed by atoms with Crippen LogP contribution < -0.4 is 10.6 Å². The van der Waals surface area contributed by atoms with Gasteiger partial charge in [0, 0.05) is 5.41 Å². The van der Waals surface area contributed by atoms with E-state index in [1.807, 2.05) is 0 Å². The molecule has 102 valence electrons. The van der Waals surface area contributed by atoms with Gasteiger partial charge in [-0.05, 0) is 31.4 Å². The Kier molecular flexibility index (Phi) is 4.07. The summed E-state index contributed by atoms with van der Waals surface area (Å²) in [5.74, 6) is 0.493. The molecule has 0 spiro atoms.